The molecule has 6 heteroatoms. The van der Waals surface area contributed by atoms with Gasteiger partial charge in [0.2, 0.25) is 5.95 Å². The average Bonchev–Trinajstić information content (AvgIpc) is 3.59. The molecule has 0 radical (unpaired) electrons. The molecule has 11 rings (SSSR count). The molecule has 0 amide bonds. The molecule has 0 fully saturated rings. The Balaban J connectivity index is 0.957. The first kappa shape index (κ1) is 31.0. The van der Waals surface area contributed by atoms with E-state index in [0.29, 0.717) is 29.1 Å². The Morgan fingerprint density at radius 1 is 0.327 bits per heavy atom. The topological polar surface area (TPSA) is 62.1 Å². The number of benzene rings is 8. The monoisotopic (exact) mass is 706 g/mol. The highest BCUT2D eigenvalue weighted by molar-refractivity contribution is 6.10. The molecule has 258 valence electrons. The Labute approximate surface area is 316 Å². The zero-order valence-corrected chi connectivity index (χ0v) is 29.4. The van der Waals surface area contributed by atoms with Crippen molar-refractivity contribution in [1.82, 2.24) is 19.5 Å². The number of ether oxygens (including phenoxy) is 2. The summed E-state index contributed by atoms with van der Waals surface area (Å²) >= 11 is 0. The zero-order valence-electron chi connectivity index (χ0n) is 29.4. The van der Waals surface area contributed by atoms with Crippen LogP contribution in [-0.4, -0.2) is 19.5 Å². The SMILES string of the molecule is c1ccc(-c2nc(-c3ccccc3)nc(-n3c4ccccc4c4cc(-c5ccc(-c6ccc7c(c6)Oc6cc8ccccc8cc6O7)cc5)ccc43)n2)cc1. The van der Waals surface area contributed by atoms with Crippen LogP contribution in [-0.2, 0) is 0 Å². The maximum absolute atomic E-state index is 6.37. The van der Waals surface area contributed by atoms with Crippen LogP contribution in [0.5, 0.6) is 23.0 Å². The molecule has 10 aromatic rings. The summed E-state index contributed by atoms with van der Waals surface area (Å²) < 4.78 is 14.8. The second-order valence-corrected chi connectivity index (χ2v) is 13.7. The largest absolute Gasteiger partial charge is 0.449 e. The third-order valence-electron chi connectivity index (χ3n) is 10.3. The van der Waals surface area contributed by atoms with Crippen LogP contribution in [0, 0.1) is 0 Å². The second-order valence-electron chi connectivity index (χ2n) is 13.7. The molecule has 0 aliphatic carbocycles. The van der Waals surface area contributed by atoms with E-state index in [1.54, 1.807) is 0 Å². The highest BCUT2D eigenvalue weighted by Crippen LogP contribution is 2.48. The Kier molecular flexibility index (Phi) is 7.07. The van der Waals surface area contributed by atoms with Crippen molar-refractivity contribution in [2.45, 2.75) is 0 Å². The van der Waals surface area contributed by atoms with Crippen LogP contribution in [0.25, 0.3) is 83.6 Å². The van der Waals surface area contributed by atoms with Crippen LogP contribution >= 0.6 is 0 Å². The fourth-order valence-corrected chi connectivity index (χ4v) is 7.57. The van der Waals surface area contributed by atoms with E-state index in [4.69, 9.17) is 24.4 Å². The highest BCUT2D eigenvalue weighted by Gasteiger charge is 2.21. The van der Waals surface area contributed by atoms with E-state index in [0.717, 1.165) is 77.5 Å². The molecule has 8 aromatic carbocycles. The van der Waals surface area contributed by atoms with Gasteiger partial charge in [0.25, 0.3) is 0 Å². The van der Waals surface area contributed by atoms with E-state index in [-0.39, 0.29) is 0 Å². The molecule has 55 heavy (non-hydrogen) atoms. The van der Waals surface area contributed by atoms with Crippen LogP contribution < -0.4 is 9.47 Å². The maximum Gasteiger partial charge on any atom is 0.238 e. The normalized spacial score (nSPS) is 11.9. The molecular formula is C49H30N4O2. The summed E-state index contributed by atoms with van der Waals surface area (Å²) in [6.45, 7) is 0. The van der Waals surface area contributed by atoms with Gasteiger partial charge in [-0.1, -0.05) is 140 Å². The highest BCUT2D eigenvalue weighted by atomic mass is 16.6. The molecule has 0 atom stereocenters. The van der Waals surface area contributed by atoms with Crippen molar-refractivity contribution in [3.8, 4) is 74.0 Å². The number of fused-ring (bicyclic) bond motifs is 6. The minimum absolute atomic E-state index is 0.576. The van der Waals surface area contributed by atoms with E-state index < -0.39 is 0 Å². The Morgan fingerprint density at radius 3 is 1.47 bits per heavy atom. The summed E-state index contributed by atoms with van der Waals surface area (Å²) in [6.07, 6.45) is 0. The number of rotatable bonds is 5. The third kappa shape index (κ3) is 5.39. The minimum atomic E-state index is 0.576. The summed E-state index contributed by atoms with van der Waals surface area (Å²) in [5.74, 6) is 4.70. The predicted molar refractivity (Wildman–Crippen MR) is 220 cm³/mol. The Bertz CT molecular complexity index is 3030. The zero-order chi connectivity index (χ0) is 36.3. The van der Waals surface area contributed by atoms with Gasteiger partial charge < -0.3 is 9.47 Å². The average molecular weight is 707 g/mol. The van der Waals surface area contributed by atoms with Crippen molar-refractivity contribution in [2.24, 2.45) is 0 Å². The van der Waals surface area contributed by atoms with E-state index >= 15 is 0 Å². The molecular weight excluding hydrogens is 677 g/mol. The Morgan fingerprint density at radius 2 is 0.818 bits per heavy atom. The number of nitrogens with zero attached hydrogens (tertiary/aromatic N) is 4. The van der Waals surface area contributed by atoms with Crippen LogP contribution in [0.2, 0.25) is 0 Å². The van der Waals surface area contributed by atoms with Gasteiger partial charge in [0, 0.05) is 21.9 Å². The number of para-hydroxylation sites is 1. The third-order valence-corrected chi connectivity index (χ3v) is 10.3. The van der Waals surface area contributed by atoms with Gasteiger partial charge in [-0.3, -0.25) is 4.57 Å². The maximum atomic E-state index is 6.37. The summed E-state index contributed by atoms with van der Waals surface area (Å²) in [4.78, 5) is 15.0. The van der Waals surface area contributed by atoms with Crippen molar-refractivity contribution in [2.75, 3.05) is 0 Å². The van der Waals surface area contributed by atoms with Gasteiger partial charge in [-0.2, -0.15) is 9.97 Å². The molecule has 3 heterocycles. The molecule has 2 aromatic heterocycles. The standard InChI is InChI=1S/C49H30N4O2/c1-3-11-33(12-4-1)47-50-48(34-13-5-2-6-14-34)52-49(51-47)53-41-18-10-9-17-39(41)40-27-37(23-25-42(40)53)31-19-21-32(22-20-31)38-24-26-43-44(30-38)55-46-29-36-16-8-7-15-35(36)28-45(46)54-43/h1-30H. The molecule has 1 aliphatic heterocycles. The van der Waals surface area contributed by atoms with E-state index in [9.17, 15) is 0 Å². The van der Waals surface area contributed by atoms with Gasteiger partial charge in [-0.25, -0.2) is 4.98 Å². The fourth-order valence-electron chi connectivity index (χ4n) is 7.57. The van der Waals surface area contributed by atoms with E-state index in [1.807, 2.05) is 91.0 Å². The lowest BCUT2D eigenvalue weighted by Crippen LogP contribution is -2.06. The van der Waals surface area contributed by atoms with Gasteiger partial charge in [0.1, 0.15) is 0 Å². The van der Waals surface area contributed by atoms with Crippen molar-refractivity contribution in [3.63, 3.8) is 0 Å². The molecule has 0 saturated heterocycles. The molecule has 0 saturated carbocycles. The van der Waals surface area contributed by atoms with Crippen molar-refractivity contribution >= 4 is 32.6 Å². The van der Waals surface area contributed by atoms with Gasteiger partial charge in [-0.05, 0) is 75.5 Å². The summed E-state index contributed by atoms with van der Waals surface area (Å²) in [5.41, 5.74) is 8.32. The lowest BCUT2D eigenvalue weighted by molar-refractivity contribution is 0.360. The molecule has 0 spiro atoms. The predicted octanol–water partition coefficient (Wildman–Crippen LogP) is 12.7. The molecule has 0 bridgehead atoms. The molecule has 0 unspecified atom stereocenters. The summed E-state index contributed by atoms with van der Waals surface area (Å²) in [6, 6.07) is 62.3. The number of hydrogen-bond acceptors (Lipinski definition) is 5. The quantitative estimate of drug-likeness (QED) is 0.178. The lowest BCUT2D eigenvalue weighted by atomic mass is 9.98. The smallest absolute Gasteiger partial charge is 0.238 e. The summed E-state index contributed by atoms with van der Waals surface area (Å²) in [7, 11) is 0. The first-order valence-corrected chi connectivity index (χ1v) is 18.3. The van der Waals surface area contributed by atoms with Crippen LogP contribution in [0.1, 0.15) is 0 Å². The molecule has 1 aliphatic rings. The second kappa shape index (κ2) is 12.5. The van der Waals surface area contributed by atoms with E-state index in [1.165, 1.54) is 0 Å². The van der Waals surface area contributed by atoms with Gasteiger partial charge in [-0.15, -0.1) is 0 Å². The first-order valence-electron chi connectivity index (χ1n) is 18.3. The number of aromatic nitrogens is 4. The minimum Gasteiger partial charge on any atom is -0.449 e. The van der Waals surface area contributed by atoms with Crippen LogP contribution in [0.3, 0.4) is 0 Å². The van der Waals surface area contributed by atoms with Gasteiger partial charge in [0.05, 0.1) is 11.0 Å². The van der Waals surface area contributed by atoms with Crippen LogP contribution in [0.15, 0.2) is 182 Å². The number of hydrogen-bond donors (Lipinski definition) is 0. The van der Waals surface area contributed by atoms with Crippen molar-refractivity contribution in [1.29, 1.82) is 0 Å². The van der Waals surface area contributed by atoms with E-state index in [2.05, 4.69) is 95.6 Å². The lowest BCUT2D eigenvalue weighted by Gasteiger charge is -2.22. The van der Waals surface area contributed by atoms with Gasteiger partial charge in [0.15, 0.2) is 34.6 Å². The molecule has 0 N–H and O–H groups in total. The van der Waals surface area contributed by atoms with Crippen molar-refractivity contribution in [3.05, 3.63) is 182 Å². The first-order chi connectivity index (χ1) is 27.2. The fraction of sp³-hybridized carbons (Fsp3) is 0. The van der Waals surface area contributed by atoms with Crippen molar-refractivity contribution < 1.29 is 9.47 Å². The molecule has 6 nitrogen and oxygen atoms in total. The van der Waals surface area contributed by atoms with Crippen LogP contribution in [0.4, 0.5) is 0 Å². The Hall–Kier alpha value is -7.57. The van der Waals surface area contributed by atoms with Gasteiger partial charge >= 0.3 is 0 Å². The summed E-state index contributed by atoms with van der Waals surface area (Å²) in [5, 5.41) is 4.49.